The Kier molecular flexibility index (Phi) is 2.87. The molecule has 17 heavy (non-hydrogen) atoms. The van der Waals surface area contributed by atoms with Crippen molar-refractivity contribution in [3.05, 3.63) is 53.3 Å². The zero-order chi connectivity index (χ0) is 12.4. The van der Waals surface area contributed by atoms with E-state index in [1.54, 1.807) is 6.20 Å². The lowest BCUT2D eigenvalue weighted by molar-refractivity contribution is 0.101. The average molecular weight is 229 g/mol. The van der Waals surface area contributed by atoms with E-state index in [0.29, 0.717) is 5.69 Å². The van der Waals surface area contributed by atoms with Crippen LogP contribution < -0.4 is 11.2 Å². The van der Waals surface area contributed by atoms with E-state index in [9.17, 15) is 4.79 Å². The number of nitrogen functional groups attached to an aromatic ring is 1. The molecule has 2 aromatic rings. The Morgan fingerprint density at radius 3 is 2.47 bits per heavy atom. The number of aromatic nitrogens is 1. The summed E-state index contributed by atoms with van der Waals surface area (Å²) in [7, 11) is 0. The molecule has 0 unspecified atom stereocenters. The molecule has 1 amide bonds. The average Bonchev–Trinajstić information content (AvgIpc) is 2.62. The van der Waals surface area contributed by atoms with Crippen LogP contribution in [0, 0.1) is 13.8 Å². The number of carbonyl (C=O) groups excluding carboxylic acids is 1. The molecular weight excluding hydrogens is 214 g/mol. The van der Waals surface area contributed by atoms with Crippen LogP contribution in [0.15, 0.2) is 36.5 Å². The van der Waals surface area contributed by atoms with Gasteiger partial charge >= 0.3 is 0 Å². The molecule has 4 heteroatoms. The number of amides is 1. The van der Waals surface area contributed by atoms with Gasteiger partial charge in [-0.05, 0) is 37.1 Å². The van der Waals surface area contributed by atoms with Crippen molar-refractivity contribution < 1.29 is 4.79 Å². The highest BCUT2D eigenvalue weighted by molar-refractivity contribution is 6.04. The number of anilines is 1. The molecular formula is C13H15N3O. The molecule has 0 saturated heterocycles. The van der Waals surface area contributed by atoms with Crippen LogP contribution in [0.4, 0.5) is 5.69 Å². The second-order valence-corrected chi connectivity index (χ2v) is 4.02. The predicted octanol–water partition coefficient (Wildman–Crippen LogP) is 2.07. The molecule has 0 fully saturated rings. The summed E-state index contributed by atoms with van der Waals surface area (Å²) < 4.78 is 1.34. The number of nitrogens with zero attached hydrogens (tertiary/aromatic N) is 1. The van der Waals surface area contributed by atoms with Gasteiger partial charge in [0.05, 0.1) is 0 Å². The van der Waals surface area contributed by atoms with Gasteiger partial charge in [0, 0.05) is 11.9 Å². The van der Waals surface area contributed by atoms with Gasteiger partial charge in [0.15, 0.2) is 0 Å². The van der Waals surface area contributed by atoms with Crippen molar-refractivity contribution in [1.82, 2.24) is 4.68 Å². The molecule has 1 aromatic carbocycles. The summed E-state index contributed by atoms with van der Waals surface area (Å²) in [5, 5.41) is 2.85. The number of nitrogens with two attached hydrogens (primary N) is 1. The maximum Gasteiger partial charge on any atom is 0.274 e. The maximum atomic E-state index is 12.1. The first kappa shape index (κ1) is 11.3. The highest BCUT2D eigenvalue weighted by Crippen LogP contribution is 2.15. The highest BCUT2D eigenvalue weighted by Gasteiger charge is 2.14. The van der Waals surface area contributed by atoms with Crippen LogP contribution in [0.2, 0.25) is 0 Å². The van der Waals surface area contributed by atoms with Crippen LogP contribution in [0.25, 0.3) is 0 Å². The van der Waals surface area contributed by atoms with Gasteiger partial charge in [-0.1, -0.05) is 18.2 Å². The molecule has 0 atom stereocenters. The van der Waals surface area contributed by atoms with E-state index in [4.69, 9.17) is 5.84 Å². The largest absolute Gasteiger partial charge is 0.339 e. The number of nitrogens with one attached hydrogen (secondary N) is 1. The number of carbonyl (C=O) groups is 1. The SMILES string of the molecule is Cc1ccccc1NC(=O)c1c(C)ccn1N. The van der Waals surface area contributed by atoms with Crippen LogP contribution in [0.5, 0.6) is 0 Å². The number of hydrogen-bond acceptors (Lipinski definition) is 2. The minimum atomic E-state index is -0.190. The minimum Gasteiger partial charge on any atom is -0.339 e. The summed E-state index contributed by atoms with van der Waals surface area (Å²) >= 11 is 0. The molecule has 0 saturated carbocycles. The van der Waals surface area contributed by atoms with Crippen molar-refractivity contribution in [3.8, 4) is 0 Å². The molecule has 0 bridgehead atoms. The van der Waals surface area contributed by atoms with E-state index >= 15 is 0 Å². The summed E-state index contributed by atoms with van der Waals surface area (Å²) in [6.07, 6.45) is 1.67. The first-order valence-corrected chi connectivity index (χ1v) is 5.39. The lowest BCUT2D eigenvalue weighted by Gasteiger charge is -2.09. The quantitative estimate of drug-likeness (QED) is 0.774. The number of rotatable bonds is 2. The fourth-order valence-corrected chi connectivity index (χ4v) is 1.74. The van der Waals surface area contributed by atoms with Gasteiger partial charge in [-0.25, -0.2) is 0 Å². The molecule has 0 radical (unpaired) electrons. The fourth-order valence-electron chi connectivity index (χ4n) is 1.74. The summed E-state index contributed by atoms with van der Waals surface area (Å²) in [4.78, 5) is 12.1. The standard InChI is InChI=1S/C13H15N3O/c1-9-5-3-4-6-11(9)15-13(17)12-10(2)7-8-16(12)14/h3-8H,14H2,1-2H3,(H,15,17). The third-order valence-electron chi connectivity index (χ3n) is 2.73. The van der Waals surface area contributed by atoms with Crippen LogP contribution >= 0.6 is 0 Å². The van der Waals surface area contributed by atoms with Crippen LogP contribution in [-0.2, 0) is 0 Å². The number of aryl methyl sites for hydroxylation is 2. The van der Waals surface area contributed by atoms with Crippen LogP contribution in [0.1, 0.15) is 21.6 Å². The van der Waals surface area contributed by atoms with Crippen molar-refractivity contribution >= 4 is 11.6 Å². The molecule has 2 rings (SSSR count). The van der Waals surface area contributed by atoms with E-state index in [1.807, 2.05) is 44.2 Å². The van der Waals surface area contributed by atoms with Crippen molar-refractivity contribution in [2.75, 3.05) is 11.2 Å². The molecule has 4 nitrogen and oxygen atoms in total. The molecule has 0 spiro atoms. The van der Waals surface area contributed by atoms with Crippen LogP contribution in [0.3, 0.4) is 0 Å². The van der Waals surface area contributed by atoms with Gasteiger partial charge < -0.3 is 11.2 Å². The van der Waals surface area contributed by atoms with E-state index in [0.717, 1.165) is 16.8 Å². The smallest absolute Gasteiger partial charge is 0.274 e. The molecule has 0 aliphatic rings. The Hall–Kier alpha value is -2.23. The minimum absolute atomic E-state index is 0.190. The zero-order valence-corrected chi connectivity index (χ0v) is 9.90. The molecule has 3 N–H and O–H groups in total. The highest BCUT2D eigenvalue weighted by atomic mass is 16.2. The van der Waals surface area contributed by atoms with Gasteiger partial charge in [-0.3, -0.25) is 9.47 Å². The second kappa shape index (κ2) is 4.33. The monoisotopic (exact) mass is 229 g/mol. The molecule has 0 aliphatic heterocycles. The molecule has 0 aliphatic carbocycles. The number of para-hydroxylation sites is 1. The summed E-state index contributed by atoms with van der Waals surface area (Å²) in [5.41, 5.74) is 3.17. The first-order chi connectivity index (χ1) is 8.09. The lowest BCUT2D eigenvalue weighted by Crippen LogP contribution is -2.22. The number of benzene rings is 1. The summed E-state index contributed by atoms with van der Waals surface area (Å²) in [6.45, 7) is 3.81. The van der Waals surface area contributed by atoms with Gasteiger partial charge in [0.1, 0.15) is 5.69 Å². The van der Waals surface area contributed by atoms with Crippen LogP contribution in [-0.4, -0.2) is 10.6 Å². The maximum absolute atomic E-state index is 12.1. The Morgan fingerprint density at radius 2 is 1.88 bits per heavy atom. The van der Waals surface area contributed by atoms with Gasteiger partial charge in [-0.2, -0.15) is 0 Å². The second-order valence-electron chi connectivity index (χ2n) is 4.02. The first-order valence-electron chi connectivity index (χ1n) is 5.39. The Morgan fingerprint density at radius 1 is 1.18 bits per heavy atom. The van der Waals surface area contributed by atoms with E-state index in [-0.39, 0.29) is 5.91 Å². The fraction of sp³-hybridized carbons (Fsp3) is 0.154. The van der Waals surface area contributed by atoms with Crippen molar-refractivity contribution in [3.63, 3.8) is 0 Å². The van der Waals surface area contributed by atoms with Gasteiger partial charge in [0.2, 0.25) is 0 Å². The third-order valence-corrected chi connectivity index (χ3v) is 2.73. The Labute approximate surface area is 100 Å². The van der Waals surface area contributed by atoms with Crippen molar-refractivity contribution in [2.45, 2.75) is 13.8 Å². The van der Waals surface area contributed by atoms with E-state index in [1.165, 1.54) is 4.68 Å². The molecule has 88 valence electrons. The topological polar surface area (TPSA) is 60.0 Å². The Balaban J connectivity index is 2.27. The molecule has 1 aromatic heterocycles. The summed E-state index contributed by atoms with van der Waals surface area (Å²) in [5.74, 6) is 5.50. The summed E-state index contributed by atoms with van der Waals surface area (Å²) in [6, 6.07) is 9.45. The zero-order valence-electron chi connectivity index (χ0n) is 9.90. The third kappa shape index (κ3) is 2.15. The van der Waals surface area contributed by atoms with Crippen molar-refractivity contribution in [2.24, 2.45) is 0 Å². The van der Waals surface area contributed by atoms with E-state index in [2.05, 4.69) is 5.32 Å². The number of hydrogen-bond donors (Lipinski definition) is 2. The Bertz CT molecular complexity index is 538. The van der Waals surface area contributed by atoms with Gasteiger partial charge in [0.25, 0.3) is 5.91 Å². The van der Waals surface area contributed by atoms with E-state index < -0.39 is 0 Å². The van der Waals surface area contributed by atoms with Crippen molar-refractivity contribution in [1.29, 1.82) is 0 Å². The predicted molar refractivity (Wildman–Crippen MR) is 68.5 cm³/mol. The van der Waals surface area contributed by atoms with Gasteiger partial charge in [-0.15, -0.1) is 0 Å². The molecule has 1 heterocycles. The normalized spacial score (nSPS) is 10.2. The lowest BCUT2D eigenvalue weighted by atomic mass is 10.2.